The van der Waals surface area contributed by atoms with Crippen LogP contribution < -0.4 is 10.0 Å². The third-order valence-electron chi connectivity index (χ3n) is 4.21. The number of nitrogens with one attached hydrogen (secondary N) is 2. The van der Waals surface area contributed by atoms with E-state index < -0.39 is 10.0 Å². The second-order valence-corrected chi connectivity index (χ2v) is 7.70. The number of carbonyl (C=O) groups excluding carboxylic acids is 1. The van der Waals surface area contributed by atoms with Gasteiger partial charge < -0.3 is 10.2 Å². The minimum Gasteiger partial charge on any atom is -0.337 e. The molecule has 0 spiro atoms. The number of carbonyl (C=O) groups is 1. The predicted octanol–water partition coefficient (Wildman–Crippen LogP) is 0.983. The third-order valence-corrected chi connectivity index (χ3v) is 5.75. The minimum atomic E-state index is -3.46. The van der Waals surface area contributed by atoms with E-state index in [0.717, 1.165) is 32.4 Å². The van der Waals surface area contributed by atoms with Crippen molar-refractivity contribution in [2.75, 3.05) is 20.1 Å². The number of hydrogen-bond acceptors (Lipinski definition) is 4. The maximum atomic E-state index is 12.4. The standard InChI is InChI=1S/C15H21N3O3S.ClH/c1-18(13-8-9-16-10-13)15(19)11-2-6-14(7-3-11)22(20,21)17-12-4-5-12;/h2-3,6-7,12-13,16-17H,4-5,8-10H2,1H3;1H. The summed E-state index contributed by atoms with van der Waals surface area (Å²) in [6.45, 7) is 1.73. The number of hydrogen-bond donors (Lipinski definition) is 2. The zero-order valence-electron chi connectivity index (χ0n) is 13.0. The van der Waals surface area contributed by atoms with E-state index in [-0.39, 0.29) is 35.3 Å². The van der Waals surface area contributed by atoms with Gasteiger partial charge in [-0.25, -0.2) is 13.1 Å². The molecule has 0 radical (unpaired) electrons. The van der Waals surface area contributed by atoms with Crippen LogP contribution in [0.2, 0.25) is 0 Å². The van der Waals surface area contributed by atoms with Crippen molar-refractivity contribution in [2.45, 2.75) is 36.2 Å². The van der Waals surface area contributed by atoms with Crippen molar-refractivity contribution in [1.82, 2.24) is 14.9 Å². The molecular formula is C15H22ClN3O3S. The fourth-order valence-electron chi connectivity index (χ4n) is 2.60. The molecule has 2 N–H and O–H groups in total. The number of rotatable bonds is 5. The molecule has 1 aliphatic heterocycles. The Morgan fingerprint density at radius 1 is 1.22 bits per heavy atom. The molecule has 3 rings (SSSR count). The first-order valence-electron chi connectivity index (χ1n) is 7.57. The Balaban J connectivity index is 0.00000192. The van der Waals surface area contributed by atoms with Gasteiger partial charge in [0.2, 0.25) is 10.0 Å². The molecule has 23 heavy (non-hydrogen) atoms. The van der Waals surface area contributed by atoms with E-state index in [1.165, 1.54) is 12.1 Å². The van der Waals surface area contributed by atoms with Crippen molar-refractivity contribution < 1.29 is 13.2 Å². The highest BCUT2D eigenvalue weighted by Gasteiger charge is 2.28. The topological polar surface area (TPSA) is 78.5 Å². The molecule has 8 heteroatoms. The SMILES string of the molecule is CN(C(=O)c1ccc(S(=O)(=O)NC2CC2)cc1)C1CCNC1.Cl. The zero-order chi connectivity index (χ0) is 15.7. The van der Waals surface area contributed by atoms with E-state index in [9.17, 15) is 13.2 Å². The smallest absolute Gasteiger partial charge is 0.253 e. The molecule has 128 valence electrons. The van der Waals surface area contributed by atoms with Gasteiger partial charge >= 0.3 is 0 Å². The lowest BCUT2D eigenvalue weighted by molar-refractivity contribution is 0.0743. The molecule has 1 aliphatic carbocycles. The van der Waals surface area contributed by atoms with Gasteiger partial charge in [-0.3, -0.25) is 4.79 Å². The summed E-state index contributed by atoms with van der Waals surface area (Å²) in [5, 5.41) is 3.23. The van der Waals surface area contributed by atoms with Gasteiger partial charge in [0.15, 0.2) is 0 Å². The highest BCUT2D eigenvalue weighted by atomic mass is 35.5. The van der Waals surface area contributed by atoms with Gasteiger partial charge in [-0.2, -0.15) is 0 Å². The molecule has 0 aromatic heterocycles. The molecule has 1 saturated carbocycles. The monoisotopic (exact) mass is 359 g/mol. The first kappa shape index (κ1) is 18.2. The lowest BCUT2D eigenvalue weighted by Gasteiger charge is -2.23. The fraction of sp³-hybridized carbons (Fsp3) is 0.533. The zero-order valence-corrected chi connectivity index (χ0v) is 14.6. The second-order valence-electron chi connectivity index (χ2n) is 5.98. The van der Waals surface area contributed by atoms with Crippen molar-refractivity contribution in [2.24, 2.45) is 0 Å². The first-order valence-corrected chi connectivity index (χ1v) is 9.06. The molecule has 1 atom stereocenters. The molecule has 1 aromatic carbocycles. The molecule has 1 aromatic rings. The van der Waals surface area contributed by atoms with Crippen LogP contribution in [0.5, 0.6) is 0 Å². The second kappa shape index (κ2) is 7.17. The van der Waals surface area contributed by atoms with Crippen LogP contribution in [0.15, 0.2) is 29.2 Å². The molecule has 2 fully saturated rings. The number of benzene rings is 1. The summed E-state index contributed by atoms with van der Waals surface area (Å²) >= 11 is 0. The Bertz CT molecular complexity index is 653. The highest BCUT2D eigenvalue weighted by molar-refractivity contribution is 7.89. The van der Waals surface area contributed by atoms with Crippen molar-refractivity contribution in [3.8, 4) is 0 Å². The van der Waals surface area contributed by atoms with Gasteiger partial charge in [0.05, 0.1) is 4.90 Å². The highest BCUT2D eigenvalue weighted by Crippen LogP contribution is 2.22. The van der Waals surface area contributed by atoms with Crippen LogP contribution in [-0.2, 0) is 10.0 Å². The van der Waals surface area contributed by atoms with E-state index in [0.29, 0.717) is 5.56 Å². The molecule has 0 bridgehead atoms. The van der Waals surface area contributed by atoms with Crippen LogP contribution in [0.25, 0.3) is 0 Å². The van der Waals surface area contributed by atoms with Crippen LogP contribution in [0.1, 0.15) is 29.6 Å². The van der Waals surface area contributed by atoms with Crippen LogP contribution in [0, 0.1) is 0 Å². The van der Waals surface area contributed by atoms with E-state index in [1.54, 1.807) is 24.1 Å². The van der Waals surface area contributed by atoms with Crippen molar-refractivity contribution in [1.29, 1.82) is 0 Å². The van der Waals surface area contributed by atoms with Gasteiger partial charge in [0, 0.05) is 31.2 Å². The largest absolute Gasteiger partial charge is 0.337 e. The van der Waals surface area contributed by atoms with E-state index in [1.807, 2.05) is 0 Å². The van der Waals surface area contributed by atoms with Crippen molar-refractivity contribution >= 4 is 28.3 Å². The van der Waals surface area contributed by atoms with Crippen LogP contribution in [0.3, 0.4) is 0 Å². The summed E-state index contributed by atoms with van der Waals surface area (Å²) in [5.41, 5.74) is 0.514. The number of likely N-dealkylation sites (N-methyl/N-ethyl adjacent to an activating group) is 1. The van der Waals surface area contributed by atoms with Crippen LogP contribution in [-0.4, -0.2) is 51.4 Å². The normalized spacial score (nSPS) is 20.8. The summed E-state index contributed by atoms with van der Waals surface area (Å²) in [6, 6.07) is 6.45. The number of amides is 1. The molecule has 1 unspecified atom stereocenters. The predicted molar refractivity (Wildman–Crippen MR) is 90.4 cm³/mol. The summed E-state index contributed by atoms with van der Waals surface area (Å²) in [5.74, 6) is -0.0761. The third kappa shape index (κ3) is 4.23. The fourth-order valence-corrected chi connectivity index (χ4v) is 3.91. The van der Waals surface area contributed by atoms with Crippen LogP contribution >= 0.6 is 12.4 Å². The Morgan fingerprint density at radius 2 is 1.87 bits per heavy atom. The average Bonchev–Trinajstić information content (AvgIpc) is 3.14. The lowest BCUT2D eigenvalue weighted by Crippen LogP contribution is -2.38. The molecule has 1 saturated heterocycles. The minimum absolute atomic E-state index is 0. The van der Waals surface area contributed by atoms with Gasteiger partial charge in [0.25, 0.3) is 5.91 Å². The van der Waals surface area contributed by atoms with Gasteiger partial charge in [-0.15, -0.1) is 12.4 Å². The summed E-state index contributed by atoms with van der Waals surface area (Å²) in [7, 11) is -1.67. The summed E-state index contributed by atoms with van der Waals surface area (Å²) < 4.78 is 26.8. The Morgan fingerprint density at radius 3 is 2.39 bits per heavy atom. The first-order chi connectivity index (χ1) is 10.5. The Kier molecular flexibility index (Phi) is 5.67. The Hall–Kier alpha value is -1.15. The Labute approximate surface area is 143 Å². The van der Waals surface area contributed by atoms with Gasteiger partial charge in [-0.1, -0.05) is 0 Å². The average molecular weight is 360 g/mol. The lowest BCUT2D eigenvalue weighted by atomic mass is 10.1. The molecule has 6 nitrogen and oxygen atoms in total. The summed E-state index contributed by atoms with van der Waals surface area (Å²) in [6.07, 6.45) is 2.74. The van der Waals surface area contributed by atoms with Gasteiger partial charge in [-0.05, 0) is 50.1 Å². The van der Waals surface area contributed by atoms with Crippen LogP contribution in [0.4, 0.5) is 0 Å². The maximum Gasteiger partial charge on any atom is 0.253 e. The number of sulfonamides is 1. The number of halogens is 1. The summed E-state index contributed by atoms with van der Waals surface area (Å²) in [4.78, 5) is 14.4. The van der Waals surface area contributed by atoms with Crippen molar-refractivity contribution in [3.05, 3.63) is 29.8 Å². The number of nitrogens with zero attached hydrogens (tertiary/aromatic N) is 1. The molecule has 2 aliphatic rings. The molecule has 1 heterocycles. The van der Waals surface area contributed by atoms with E-state index in [4.69, 9.17) is 0 Å². The maximum absolute atomic E-state index is 12.4. The molecule has 1 amide bonds. The molecular weight excluding hydrogens is 338 g/mol. The van der Waals surface area contributed by atoms with E-state index >= 15 is 0 Å². The van der Waals surface area contributed by atoms with Crippen molar-refractivity contribution in [3.63, 3.8) is 0 Å². The quantitative estimate of drug-likeness (QED) is 0.821. The van der Waals surface area contributed by atoms with E-state index in [2.05, 4.69) is 10.0 Å². The van der Waals surface area contributed by atoms with Gasteiger partial charge in [0.1, 0.15) is 0 Å².